The molecule has 0 aliphatic carbocycles. The molecule has 0 spiro atoms. The Hall–Kier alpha value is -0.980. The molecular weight excluding hydrogens is 292 g/mol. The maximum absolute atomic E-state index is 12.6. The summed E-state index contributed by atoms with van der Waals surface area (Å²) >= 11 is 4.94. The normalized spacial score (nSPS) is 18.1. The van der Waals surface area contributed by atoms with Crippen molar-refractivity contribution in [2.24, 2.45) is 11.7 Å². The van der Waals surface area contributed by atoms with Crippen molar-refractivity contribution >= 4 is 27.2 Å². The Bertz CT molecular complexity index is 618. The van der Waals surface area contributed by atoms with E-state index in [4.69, 9.17) is 18.0 Å². The highest BCUT2D eigenvalue weighted by atomic mass is 32.2. The zero-order chi connectivity index (χ0) is 14.9. The van der Waals surface area contributed by atoms with Gasteiger partial charge in [0.2, 0.25) is 10.0 Å². The number of hydrogen-bond donors (Lipinski definition) is 1. The molecule has 1 aromatic carbocycles. The van der Waals surface area contributed by atoms with Crippen molar-refractivity contribution in [3.8, 4) is 0 Å². The Morgan fingerprint density at radius 3 is 2.45 bits per heavy atom. The number of thiocarbonyl (C=S) groups is 1. The van der Waals surface area contributed by atoms with Crippen molar-refractivity contribution < 1.29 is 8.42 Å². The molecule has 0 aromatic heterocycles. The lowest BCUT2D eigenvalue weighted by molar-refractivity contribution is 0.288. The number of hydrogen-bond acceptors (Lipinski definition) is 3. The van der Waals surface area contributed by atoms with Crippen LogP contribution >= 0.6 is 12.2 Å². The Labute approximate surface area is 126 Å². The van der Waals surface area contributed by atoms with Crippen LogP contribution in [0, 0.1) is 12.8 Å². The van der Waals surface area contributed by atoms with Gasteiger partial charge in [0.1, 0.15) is 4.99 Å². The molecule has 0 amide bonds. The fourth-order valence-electron chi connectivity index (χ4n) is 2.45. The molecule has 20 heavy (non-hydrogen) atoms. The van der Waals surface area contributed by atoms with E-state index < -0.39 is 10.0 Å². The van der Waals surface area contributed by atoms with E-state index in [1.165, 1.54) is 0 Å². The second kappa shape index (κ2) is 5.79. The number of nitrogens with two attached hydrogens (primary N) is 1. The van der Waals surface area contributed by atoms with Crippen molar-refractivity contribution in [1.82, 2.24) is 4.31 Å². The molecule has 1 fully saturated rings. The van der Waals surface area contributed by atoms with Gasteiger partial charge in [0.25, 0.3) is 0 Å². The van der Waals surface area contributed by atoms with Crippen molar-refractivity contribution in [2.75, 3.05) is 13.1 Å². The summed E-state index contributed by atoms with van der Waals surface area (Å²) in [5.74, 6) is 0.597. The predicted molar refractivity (Wildman–Crippen MR) is 84.2 cm³/mol. The van der Waals surface area contributed by atoms with Crippen LogP contribution in [-0.4, -0.2) is 30.8 Å². The average molecular weight is 312 g/mol. The first-order chi connectivity index (χ1) is 9.32. The highest BCUT2D eigenvalue weighted by Crippen LogP contribution is 2.24. The van der Waals surface area contributed by atoms with Crippen molar-refractivity contribution in [3.05, 3.63) is 29.3 Å². The van der Waals surface area contributed by atoms with Crippen molar-refractivity contribution in [2.45, 2.75) is 31.6 Å². The van der Waals surface area contributed by atoms with E-state index in [0.29, 0.717) is 28.9 Å². The molecule has 0 bridgehead atoms. The minimum Gasteiger partial charge on any atom is -0.389 e. The Kier molecular flexibility index (Phi) is 4.46. The maximum Gasteiger partial charge on any atom is 0.243 e. The molecule has 4 nitrogen and oxygen atoms in total. The molecule has 1 aliphatic rings. The molecule has 0 radical (unpaired) electrons. The van der Waals surface area contributed by atoms with Crippen LogP contribution in [-0.2, 0) is 10.0 Å². The van der Waals surface area contributed by atoms with Gasteiger partial charge < -0.3 is 5.73 Å². The molecule has 0 unspecified atom stereocenters. The van der Waals surface area contributed by atoms with E-state index in [2.05, 4.69) is 6.92 Å². The van der Waals surface area contributed by atoms with Crippen LogP contribution in [0.25, 0.3) is 0 Å². The molecule has 2 rings (SSSR count). The molecule has 2 N–H and O–H groups in total. The first-order valence-electron chi connectivity index (χ1n) is 6.73. The summed E-state index contributed by atoms with van der Waals surface area (Å²) in [6.07, 6.45) is 1.84. The van der Waals surface area contributed by atoms with E-state index in [-0.39, 0.29) is 0 Å². The van der Waals surface area contributed by atoms with Gasteiger partial charge in [0.05, 0.1) is 4.90 Å². The molecule has 1 heterocycles. The van der Waals surface area contributed by atoms with Gasteiger partial charge in [-0.3, -0.25) is 0 Å². The molecule has 110 valence electrons. The lowest BCUT2D eigenvalue weighted by atomic mass is 10.0. The van der Waals surface area contributed by atoms with E-state index in [9.17, 15) is 8.42 Å². The van der Waals surface area contributed by atoms with Crippen molar-refractivity contribution in [1.29, 1.82) is 0 Å². The Morgan fingerprint density at radius 2 is 1.95 bits per heavy atom. The summed E-state index contributed by atoms with van der Waals surface area (Å²) in [6, 6.07) is 4.94. The molecule has 0 saturated carbocycles. The number of benzene rings is 1. The molecular formula is C14H20N2O2S2. The second-order valence-electron chi connectivity index (χ2n) is 5.43. The zero-order valence-corrected chi connectivity index (χ0v) is 13.4. The van der Waals surface area contributed by atoms with Gasteiger partial charge in [-0.15, -0.1) is 0 Å². The Morgan fingerprint density at radius 1 is 1.35 bits per heavy atom. The predicted octanol–water partition coefficient (Wildman–Crippen LogP) is 2.05. The van der Waals surface area contributed by atoms with Crippen LogP contribution < -0.4 is 5.73 Å². The fourth-order valence-corrected chi connectivity index (χ4v) is 4.23. The summed E-state index contributed by atoms with van der Waals surface area (Å²) in [5, 5.41) is 0. The summed E-state index contributed by atoms with van der Waals surface area (Å²) in [4.78, 5) is 0.614. The number of nitrogens with zero attached hydrogens (tertiary/aromatic N) is 1. The van der Waals surface area contributed by atoms with Crippen LogP contribution in [0.4, 0.5) is 0 Å². The molecule has 1 aliphatic heterocycles. The van der Waals surface area contributed by atoms with E-state index in [1.54, 1.807) is 22.5 Å². The van der Waals surface area contributed by atoms with Crippen LogP contribution in [0.15, 0.2) is 23.1 Å². The van der Waals surface area contributed by atoms with E-state index in [1.807, 2.05) is 6.92 Å². The summed E-state index contributed by atoms with van der Waals surface area (Å²) in [5.41, 5.74) is 7.13. The van der Waals surface area contributed by atoms with Gasteiger partial charge >= 0.3 is 0 Å². The van der Waals surface area contributed by atoms with Gasteiger partial charge in [-0.1, -0.05) is 25.2 Å². The maximum atomic E-state index is 12.6. The topological polar surface area (TPSA) is 63.4 Å². The molecule has 6 heteroatoms. The van der Waals surface area contributed by atoms with Crippen LogP contribution in [0.2, 0.25) is 0 Å². The smallest absolute Gasteiger partial charge is 0.243 e. The number of rotatable bonds is 3. The minimum atomic E-state index is -3.40. The number of sulfonamides is 1. The highest BCUT2D eigenvalue weighted by Gasteiger charge is 2.28. The average Bonchev–Trinajstić information content (AvgIpc) is 2.38. The van der Waals surface area contributed by atoms with E-state index >= 15 is 0 Å². The quantitative estimate of drug-likeness (QED) is 0.868. The first-order valence-corrected chi connectivity index (χ1v) is 8.58. The second-order valence-corrected chi connectivity index (χ2v) is 7.81. The van der Waals surface area contributed by atoms with Crippen LogP contribution in [0.5, 0.6) is 0 Å². The van der Waals surface area contributed by atoms with Gasteiger partial charge in [-0.05, 0) is 43.4 Å². The van der Waals surface area contributed by atoms with Gasteiger partial charge in [0.15, 0.2) is 0 Å². The standard InChI is InChI=1S/C14H20N2O2S2/c1-10-5-7-16(8-6-10)20(17,18)12-3-4-13(14(15)19)11(2)9-12/h3-4,9-10H,5-8H2,1-2H3,(H2,15,19). The minimum absolute atomic E-state index is 0.290. The number of aryl methyl sites for hydroxylation is 1. The van der Waals surface area contributed by atoms with Gasteiger partial charge in [-0.25, -0.2) is 8.42 Å². The summed E-state index contributed by atoms with van der Waals surface area (Å²) in [6.45, 7) is 5.18. The third kappa shape index (κ3) is 3.02. The highest BCUT2D eigenvalue weighted by molar-refractivity contribution is 7.89. The third-order valence-corrected chi connectivity index (χ3v) is 5.96. The third-order valence-electron chi connectivity index (χ3n) is 3.84. The van der Waals surface area contributed by atoms with E-state index in [0.717, 1.165) is 24.0 Å². The SMILES string of the molecule is Cc1cc(S(=O)(=O)N2CCC(C)CC2)ccc1C(N)=S. The number of piperidine rings is 1. The first kappa shape index (κ1) is 15.4. The lowest BCUT2D eigenvalue weighted by Gasteiger charge is -2.29. The Balaban J connectivity index is 2.30. The van der Waals surface area contributed by atoms with Crippen LogP contribution in [0.1, 0.15) is 30.9 Å². The van der Waals surface area contributed by atoms with Gasteiger partial charge in [0, 0.05) is 18.7 Å². The summed E-state index contributed by atoms with van der Waals surface area (Å²) in [7, 11) is -3.40. The fraction of sp³-hybridized carbons (Fsp3) is 0.500. The molecule has 0 atom stereocenters. The summed E-state index contributed by atoms with van der Waals surface area (Å²) < 4.78 is 26.7. The molecule has 1 saturated heterocycles. The lowest BCUT2D eigenvalue weighted by Crippen LogP contribution is -2.37. The monoisotopic (exact) mass is 312 g/mol. The largest absolute Gasteiger partial charge is 0.389 e. The molecule has 1 aromatic rings. The van der Waals surface area contributed by atoms with Gasteiger partial charge in [-0.2, -0.15) is 4.31 Å². The zero-order valence-electron chi connectivity index (χ0n) is 11.8. The van der Waals surface area contributed by atoms with Crippen LogP contribution in [0.3, 0.4) is 0 Å². The van der Waals surface area contributed by atoms with Crippen molar-refractivity contribution in [3.63, 3.8) is 0 Å².